The molecular formula is C14H21ClN2. The van der Waals surface area contributed by atoms with Crippen LogP contribution in [0.5, 0.6) is 0 Å². The molecule has 0 amide bonds. The largest absolute Gasteiger partial charge is 0.309 e. The second kappa shape index (κ2) is 4.97. The first-order chi connectivity index (χ1) is 7.98. The van der Waals surface area contributed by atoms with E-state index in [1.807, 2.05) is 12.1 Å². The number of piperazine rings is 1. The lowest BCUT2D eigenvalue weighted by atomic mass is 9.98. The van der Waals surface area contributed by atoms with E-state index in [0.717, 1.165) is 24.7 Å². The fourth-order valence-corrected chi connectivity index (χ4v) is 2.59. The van der Waals surface area contributed by atoms with Crippen molar-refractivity contribution in [1.82, 2.24) is 10.2 Å². The molecule has 1 aliphatic heterocycles. The molecule has 1 unspecified atom stereocenters. The van der Waals surface area contributed by atoms with Gasteiger partial charge in [0.25, 0.3) is 0 Å². The predicted octanol–water partition coefficient (Wildman–Crippen LogP) is 3.08. The van der Waals surface area contributed by atoms with Crippen molar-refractivity contribution in [3.8, 4) is 0 Å². The van der Waals surface area contributed by atoms with Crippen LogP contribution in [0.4, 0.5) is 0 Å². The summed E-state index contributed by atoms with van der Waals surface area (Å²) in [6.07, 6.45) is 0. The highest BCUT2D eigenvalue weighted by atomic mass is 35.5. The van der Waals surface area contributed by atoms with E-state index in [0.29, 0.717) is 6.04 Å². The molecule has 0 bridgehead atoms. The van der Waals surface area contributed by atoms with Crippen LogP contribution in [0.1, 0.15) is 32.4 Å². The molecule has 1 aromatic rings. The molecule has 2 nitrogen and oxygen atoms in total. The van der Waals surface area contributed by atoms with Crippen LogP contribution in [0.3, 0.4) is 0 Å². The fraction of sp³-hybridized carbons (Fsp3) is 0.571. The Morgan fingerprint density at radius 1 is 1.29 bits per heavy atom. The molecule has 1 fully saturated rings. The van der Waals surface area contributed by atoms with Crippen LogP contribution in [0.15, 0.2) is 24.3 Å². The number of halogens is 1. The smallest absolute Gasteiger partial charge is 0.0406 e. The summed E-state index contributed by atoms with van der Waals surface area (Å²) in [6, 6.07) is 8.65. The minimum atomic E-state index is 0.207. The molecule has 1 atom stereocenters. The van der Waals surface area contributed by atoms with E-state index in [-0.39, 0.29) is 5.54 Å². The van der Waals surface area contributed by atoms with Gasteiger partial charge in [0, 0.05) is 36.2 Å². The summed E-state index contributed by atoms with van der Waals surface area (Å²) >= 11 is 5.92. The first-order valence-corrected chi connectivity index (χ1v) is 6.60. The van der Waals surface area contributed by atoms with Crippen LogP contribution < -0.4 is 5.32 Å². The van der Waals surface area contributed by atoms with Crippen LogP contribution in [-0.4, -0.2) is 30.1 Å². The molecular weight excluding hydrogens is 232 g/mol. The highest BCUT2D eigenvalue weighted by Gasteiger charge is 2.28. The number of hydrogen-bond donors (Lipinski definition) is 1. The van der Waals surface area contributed by atoms with Gasteiger partial charge in [-0.25, -0.2) is 0 Å². The predicted molar refractivity (Wildman–Crippen MR) is 73.5 cm³/mol. The summed E-state index contributed by atoms with van der Waals surface area (Å²) in [7, 11) is 0. The molecule has 1 saturated heterocycles. The van der Waals surface area contributed by atoms with E-state index in [2.05, 4.69) is 43.1 Å². The summed E-state index contributed by atoms with van der Waals surface area (Å²) in [5.74, 6) is 0. The van der Waals surface area contributed by atoms with Crippen LogP contribution >= 0.6 is 11.6 Å². The van der Waals surface area contributed by atoms with Gasteiger partial charge in [0.05, 0.1) is 0 Å². The topological polar surface area (TPSA) is 15.3 Å². The Morgan fingerprint density at radius 2 is 1.94 bits per heavy atom. The number of nitrogens with one attached hydrogen (secondary N) is 1. The van der Waals surface area contributed by atoms with Crippen molar-refractivity contribution in [3.63, 3.8) is 0 Å². The van der Waals surface area contributed by atoms with Crippen molar-refractivity contribution in [2.75, 3.05) is 19.6 Å². The number of nitrogens with zero attached hydrogens (tertiary/aromatic N) is 1. The molecule has 0 aliphatic carbocycles. The van der Waals surface area contributed by atoms with Crippen LogP contribution in [-0.2, 0) is 0 Å². The minimum absolute atomic E-state index is 0.207. The van der Waals surface area contributed by atoms with Crippen molar-refractivity contribution < 1.29 is 0 Å². The molecule has 0 spiro atoms. The highest BCUT2D eigenvalue weighted by molar-refractivity contribution is 6.30. The third-order valence-corrected chi connectivity index (χ3v) is 3.75. The molecule has 2 rings (SSSR count). The normalized spacial score (nSPS) is 22.4. The maximum atomic E-state index is 5.92. The quantitative estimate of drug-likeness (QED) is 0.870. The van der Waals surface area contributed by atoms with Crippen molar-refractivity contribution >= 4 is 11.6 Å². The Bertz CT molecular complexity index is 372. The Labute approximate surface area is 109 Å². The van der Waals surface area contributed by atoms with Crippen LogP contribution in [0.2, 0.25) is 5.02 Å². The average molecular weight is 253 g/mol. The number of benzene rings is 1. The Kier molecular flexibility index (Phi) is 3.76. The van der Waals surface area contributed by atoms with Gasteiger partial charge in [-0.1, -0.05) is 23.7 Å². The lowest BCUT2D eigenvalue weighted by Gasteiger charge is -2.42. The Balaban J connectivity index is 2.09. The lowest BCUT2D eigenvalue weighted by molar-refractivity contribution is 0.117. The summed E-state index contributed by atoms with van der Waals surface area (Å²) in [5.41, 5.74) is 1.55. The van der Waals surface area contributed by atoms with E-state index in [4.69, 9.17) is 11.6 Å². The van der Waals surface area contributed by atoms with Crippen LogP contribution in [0, 0.1) is 0 Å². The third-order valence-electron chi connectivity index (χ3n) is 3.50. The molecule has 0 radical (unpaired) electrons. The molecule has 3 heteroatoms. The maximum absolute atomic E-state index is 5.92. The first-order valence-electron chi connectivity index (χ1n) is 6.22. The van der Waals surface area contributed by atoms with Crippen molar-refractivity contribution in [2.45, 2.75) is 32.4 Å². The number of rotatable bonds is 2. The fourth-order valence-electron chi connectivity index (χ4n) is 2.46. The zero-order valence-electron chi connectivity index (χ0n) is 10.8. The second-order valence-electron chi connectivity index (χ2n) is 5.51. The molecule has 0 saturated carbocycles. The van der Waals surface area contributed by atoms with E-state index >= 15 is 0 Å². The molecule has 0 aromatic heterocycles. The first kappa shape index (κ1) is 12.9. The van der Waals surface area contributed by atoms with Gasteiger partial charge in [-0.15, -0.1) is 0 Å². The van der Waals surface area contributed by atoms with Gasteiger partial charge >= 0.3 is 0 Å². The molecule has 17 heavy (non-hydrogen) atoms. The summed E-state index contributed by atoms with van der Waals surface area (Å²) in [5, 5.41) is 4.35. The van der Waals surface area contributed by atoms with E-state index in [1.54, 1.807) is 0 Å². The standard InChI is InChI=1S/C14H21ClN2/c1-11(12-4-6-13(15)7-5-12)17-9-8-16-14(2,3)10-17/h4-7,11,16H,8-10H2,1-3H3. The van der Waals surface area contributed by atoms with Gasteiger partial charge in [0.1, 0.15) is 0 Å². The zero-order valence-corrected chi connectivity index (χ0v) is 11.6. The van der Waals surface area contributed by atoms with Crippen LogP contribution in [0.25, 0.3) is 0 Å². The van der Waals surface area contributed by atoms with Crippen molar-refractivity contribution in [2.24, 2.45) is 0 Å². The molecule has 1 heterocycles. The molecule has 1 N–H and O–H groups in total. The zero-order chi connectivity index (χ0) is 12.5. The highest BCUT2D eigenvalue weighted by Crippen LogP contribution is 2.24. The monoisotopic (exact) mass is 252 g/mol. The summed E-state index contributed by atoms with van der Waals surface area (Å²) in [6.45, 7) is 10.0. The van der Waals surface area contributed by atoms with E-state index < -0.39 is 0 Å². The minimum Gasteiger partial charge on any atom is -0.309 e. The molecule has 1 aromatic carbocycles. The summed E-state index contributed by atoms with van der Waals surface area (Å²) < 4.78 is 0. The van der Waals surface area contributed by atoms with E-state index in [1.165, 1.54) is 5.56 Å². The van der Waals surface area contributed by atoms with Gasteiger partial charge in [-0.3, -0.25) is 4.90 Å². The van der Waals surface area contributed by atoms with Gasteiger partial charge in [-0.05, 0) is 38.5 Å². The Morgan fingerprint density at radius 3 is 2.53 bits per heavy atom. The van der Waals surface area contributed by atoms with Gasteiger partial charge in [-0.2, -0.15) is 0 Å². The third kappa shape index (κ3) is 3.21. The SMILES string of the molecule is CC(c1ccc(Cl)cc1)N1CCNC(C)(C)C1. The Hall–Kier alpha value is -0.570. The summed E-state index contributed by atoms with van der Waals surface area (Å²) in [4.78, 5) is 2.53. The number of hydrogen-bond acceptors (Lipinski definition) is 2. The lowest BCUT2D eigenvalue weighted by Crippen LogP contribution is -2.57. The molecule has 94 valence electrons. The average Bonchev–Trinajstić information content (AvgIpc) is 2.28. The van der Waals surface area contributed by atoms with Gasteiger partial charge in [0.2, 0.25) is 0 Å². The van der Waals surface area contributed by atoms with E-state index in [9.17, 15) is 0 Å². The van der Waals surface area contributed by atoms with Gasteiger partial charge in [0.15, 0.2) is 0 Å². The van der Waals surface area contributed by atoms with Gasteiger partial charge < -0.3 is 5.32 Å². The maximum Gasteiger partial charge on any atom is 0.0406 e. The van der Waals surface area contributed by atoms with Crippen molar-refractivity contribution in [3.05, 3.63) is 34.9 Å². The second-order valence-corrected chi connectivity index (χ2v) is 5.95. The van der Waals surface area contributed by atoms with Crippen molar-refractivity contribution in [1.29, 1.82) is 0 Å². The molecule has 1 aliphatic rings.